The van der Waals surface area contributed by atoms with E-state index in [1.165, 1.54) is 10.1 Å². The van der Waals surface area contributed by atoms with Crippen molar-refractivity contribution in [3.05, 3.63) is 35.2 Å². The Labute approximate surface area is 112 Å². The molecule has 2 N–H and O–H groups in total. The average Bonchev–Trinajstić information content (AvgIpc) is 2.81. The molecule has 0 saturated heterocycles. The summed E-state index contributed by atoms with van der Waals surface area (Å²) in [6.45, 7) is 3.96. The fraction of sp³-hybridized carbons (Fsp3) is 0.400. The zero-order chi connectivity index (χ0) is 13.2. The third-order valence-corrected chi connectivity index (χ3v) is 4.74. The maximum Gasteiger partial charge on any atom is 0.157 e. The predicted molar refractivity (Wildman–Crippen MR) is 78.0 cm³/mol. The van der Waals surface area contributed by atoms with E-state index in [0.29, 0.717) is 19.3 Å². The van der Waals surface area contributed by atoms with E-state index in [1.807, 2.05) is 26.0 Å². The molecule has 3 heteroatoms. The van der Waals surface area contributed by atoms with Crippen molar-refractivity contribution in [1.82, 2.24) is 0 Å². The van der Waals surface area contributed by atoms with E-state index in [2.05, 4.69) is 17.5 Å². The number of rotatable bonds is 5. The zero-order valence-electron chi connectivity index (χ0n) is 10.9. The minimum atomic E-state index is -0.664. The Morgan fingerprint density at radius 3 is 2.61 bits per heavy atom. The third kappa shape index (κ3) is 2.33. The van der Waals surface area contributed by atoms with Crippen LogP contribution >= 0.6 is 11.3 Å². The Bertz CT molecular complexity index is 554. The Balaban J connectivity index is 2.27. The van der Waals surface area contributed by atoms with E-state index in [9.17, 15) is 4.79 Å². The Morgan fingerprint density at radius 1 is 1.28 bits per heavy atom. The third-order valence-electron chi connectivity index (χ3n) is 3.73. The van der Waals surface area contributed by atoms with Gasteiger partial charge in [0.1, 0.15) is 0 Å². The van der Waals surface area contributed by atoms with Gasteiger partial charge in [-0.15, -0.1) is 11.3 Å². The second-order valence-electron chi connectivity index (χ2n) is 4.72. The normalized spacial score (nSPS) is 11.9. The van der Waals surface area contributed by atoms with Crippen LogP contribution in [0.3, 0.4) is 0 Å². The van der Waals surface area contributed by atoms with Gasteiger partial charge in [0, 0.05) is 11.1 Å². The van der Waals surface area contributed by atoms with Crippen molar-refractivity contribution in [3.8, 4) is 0 Å². The van der Waals surface area contributed by atoms with Gasteiger partial charge in [0.25, 0.3) is 0 Å². The van der Waals surface area contributed by atoms with Crippen LogP contribution in [0.5, 0.6) is 0 Å². The van der Waals surface area contributed by atoms with Gasteiger partial charge >= 0.3 is 0 Å². The summed E-state index contributed by atoms with van der Waals surface area (Å²) in [5, 5.41) is 3.26. The number of Topliss-reactive ketones (excluding diaryl/α,β-unsaturated/α-hetero) is 1. The maximum absolute atomic E-state index is 12.3. The first-order chi connectivity index (χ1) is 8.60. The van der Waals surface area contributed by atoms with Crippen LogP contribution in [0, 0.1) is 0 Å². The van der Waals surface area contributed by atoms with Gasteiger partial charge in [0.2, 0.25) is 0 Å². The van der Waals surface area contributed by atoms with Gasteiger partial charge in [-0.3, -0.25) is 4.79 Å². The first kappa shape index (κ1) is 13.2. The Hall–Kier alpha value is -1.19. The first-order valence-corrected chi connectivity index (χ1v) is 7.26. The predicted octanol–water partition coefficient (Wildman–Crippen LogP) is 3.53. The molecule has 1 aromatic heterocycles. The van der Waals surface area contributed by atoms with Crippen LogP contribution < -0.4 is 5.73 Å². The number of thiophene rings is 1. The van der Waals surface area contributed by atoms with Crippen LogP contribution in [0.1, 0.15) is 32.3 Å². The summed E-state index contributed by atoms with van der Waals surface area (Å²) in [5.74, 6) is 0.149. The summed E-state index contributed by atoms with van der Waals surface area (Å²) in [5.41, 5.74) is 6.60. The van der Waals surface area contributed by atoms with Crippen LogP contribution in [0.25, 0.3) is 10.1 Å². The van der Waals surface area contributed by atoms with E-state index < -0.39 is 5.54 Å². The highest BCUT2D eigenvalue weighted by atomic mass is 32.1. The second-order valence-corrected chi connectivity index (χ2v) is 5.63. The van der Waals surface area contributed by atoms with Crippen molar-refractivity contribution in [2.45, 2.75) is 38.6 Å². The lowest BCUT2D eigenvalue weighted by Gasteiger charge is -2.24. The molecular formula is C15H19NOS. The molecule has 0 bridgehead atoms. The lowest BCUT2D eigenvalue weighted by molar-refractivity contribution is -0.123. The molecule has 1 heterocycles. The number of carbonyl (C=O) groups excluding carboxylic acids is 1. The number of hydrogen-bond acceptors (Lipinski definition) is 3. The summed E-state index contributed by atoms with van der Waals surface area (Å²) < 4.78 is 1.23. The molecule has 0 amide bonds. The Morgan fingerprint density at radius 2 is 1.94 bits per heavy atom. The molecular weight excluding hydrogens is 242 g/mol. The summed E-state index contributed by atoms with van der Waals surface area (Å²) >= 11 is 1.69. The van der Waals surface area contributed by atoms with E-state index in [-0.39, 0.29) is 5.78 Å². The summed E-state index contributed by atoms with van der Waals surface area (Å²) in [6.07, 6.45) is 1.84. The molecule has 0 spiro atoms. The van der Waals surface area contributed by atoms with E-state index in [0.717, 1.165) is 5.56 Å². The highest BCUT2D eigenvalue weighted by molar-refractivity contribution is 7.17. The Kier molecular flexibility index (Phi) is 3.83. The van der Waals surface area contributed by atoms with Gasteiger partial charge in [-0.25, -0.2) is 0 Å². The first-order valence-electron chi connectivity index (χ1n) is 6.38. The molecule has 0 aliphatic heterocycles. The van der Waals surface area contributed by atoms with Crippen LogP contribution in [0.15, 0.2) is 29.6 Å². The van der Waals surface area contributed by atoms with Gasteiger partial charge in [0.05, 0.1) is 5.54 Å². The number of hydrogen-bond donors (Lipinski definition) is 1. The van der Waals surface area contributed by atoms with Crippen molar-refractivity contribution in [1.29, 1.82) is 0 Å². The van der Waals surface area contributed by atoms with Gasteiger partial charge < -0.3 is 5.73 Å². The molecule has 96 valence electrons. The van der Waals surface area contributed by atoms with Crippen LogP contribution in [-0.4, -0.2) is 11.3 Å². The number of nitrogens with two attached hydrogens (primary N) is 1. The van der Waals surface area contributed by atoms with Crippen molar-refractivity contribution < 1.29 is 4.79 Å². The number of fused-ring (bicyclic) bond motifs is 1. The number of benzene rings is 1. The van der Waals surface area contributed by atoms with Crippen LogP contribution in [0.2, 0.25) is 0 Å². The summed E-state index contributed by atoms with van der Waals surface area (Å²) in [6, 6.07) is 8.20. The molecule has 0 aliphatic carbocycles. The van der Waals surface area contributed by atoms with Crippen molar-refractivity contribution >= 4 is 27.2 Å². The molecule has 0 radical (unpaired) electrons. The van der Waals surface area contributed by atoms with Gasteiger partial charge in [-0.05, 0) is 35.2 Å². The lowest BCUT2D eigenvalue weighted by Crippen LogP contribution is -2.47. The van der Waals surface area contributed by atoms with Crippen molar-refractivity contribution in [3.63, 3.8) is 0 Å². The van der Waals surface area contributed by atoms with Gasteiger partial charge in [-0.1, -0.05) is 32.0 Å². The van der Waals surface area contributed by atoms with E-state index in [4.69, 9.17) is 5.73 Å². The molecule has 0 fully saturated rings. The van der Waals surface area contributed by atoms with Gasteiger partial charge in [0.15, 0.2) is 5.78 Å². The monoisotopic (exact) mass is 261 g/mol. The number of carbonyl (C=O) groups is 1. The SMILES string of the molecule is CCC(N)(CC)C(=O)Cc1csc2ccccc12. The fourth-order valence-electron chi connectivity index (χ4n) is 2.16. The number of ketones is 1. The average molecular weight is 261 g/mol. The topological polar surface area (TPSA) is 43.1 Å². The maximum atomic E-state index is 12.3. The zero-order valence-corrected chi connectivity index (χ0v) is 11.7. The van der Waals surface area contributed by atoms with Crippen LogP contribution in [-0.2, 0) is 11.2 Å². The highest BCUT2D eigenvalue weighted by Gasteiger charge is 2.29. The smallest absolute Gasteiger partial charge is 0.157 e. The van der Waals surface area contributed by atoms with E-state index >= 15 is 0 Å². The molecule has 1 aromatic carbocycles. The largest absolute Gasteiger partial charge is 0.319 e. The summed E-state index contributed by atoms with van der Waals surface area (Å²) in [7, 11) is 0. The molecule has 2 aromatic rings. The summed E-state index contributed by atoms with van der Waals surface area (Å²) in [4.78, 5) is 12.3. The molecule has 2 rings (SSSR count). The standard InChI is InChI=1S/C15H19NOS/c1-3-15(16,4-2)14(17)9-11-10-18-13-8-6-5-7-12(11)13/h5-8,10H,3-4,9,16H2,1-2H3. The van der Waals surface area contributed by atoms with Gasteiger partial charge in [-0.2, -0.15) is 0 Å². The molecule has 0 aliphatic rings. The molecule has 0 unspecified atom stereocenters. The van der Waals surface area contributed by atoms with E-state index in [1.54, 1.807) is 11.3 Å². The fourth-order valence-corrected chi connectivity index (χ4v) is 3.13. The highest BCUT2D eigenvalue weighted by Crippen LogP contribution is 2.27. The second kappa shape index (κ2) is 5.21. The van der Waals surface area contributed by atoms with Crippen molar-refractivity contribution in [2.75, 3.05) is 0 Å². The van der Waals surface area contributed by atoms with Crippen LogP contribution in [0.4, 0.5) is 0 Å². The lowest BCUT2D eigenvalue weighted by atomic mass is 9.86. The molecule has 0 saturated carbocycles. The minimum absolute atomic E-state index is 0.149. The minimum Gasteiger partial charge on any atom is -0.319 e. The molecule has 2 nitrogen and oxygen atoms in total. The quantitative estimate of drug-likeness (QED) is 0.894. The van der Waals surface area contributed by atoms with Crippen molar-refractivity contribution in [2.24, 2.45) is 5.73 Å². The molecule has 0 atom stereocenters. The molecule has 18 heavy (non-hydrogen) atoms.